The molecule has 3 N–H and O–H groups in total. The molecule has 5 nitrogen and oxygen atoms in total. The van der Waals surface area contributed by atoms with Crippen LogP contribution in [0.4, 0.5) is 10.5 Å². The molecule has 1 rings (SSSR count). The van der Waals surface area contributed by atoms with E-state index in [1.54, 1.807) is 7.11 Å². The van der Waals surface area contributed by atoms with Crippen LogP contribution in [0, 0.1) is 5.92 Å². The van der Waals surface area contributed by atoms with Gasteiger partial charge in [0.25, 0.3) is 0 Å². The molecule has 0 aliphatic rings. The Morgan fingerprint density at radius 2 is 2.09 bits per heavy atom. The highest BCUT2D eigenvalue weighted by Gasteiger charge is 2.23. The lowest BCUT2D eigenvalue weighted by Gasteiger charge is -2.28. The zero-order valence-electron chi connectivity index (χ0n) is 14.0. The summed E-state index contributed by atoms with van der Waals surface area (Å²) in [6, 6.07) is 5.23. The quantitative estimate of drug-likeness (QED) is 0.775. The van der Waals surface area contributed by atoms with E-state index in [0.717, 1.165) is 17.5 Å². The molecule has 0 heterocycles. The maximum absolute atomic E-state index is 11.7. The molecule has 124 valence electrons. The van der Waals surface area contributed by atoms with Gasteiger partial charge < -0.3 is 15.6 Å². The number of amides is 2. The number of nitrogens with two attached hydrogens (primary N) is 1. The van der Waals surface area contributed by atoms with Crippen molar-refractivity contribution in [3.8, 4) is 0 Å². The fourth-order valence-corrected chi connectivity index (χ4v) is 2.76. The van der Waals surface area contributed by atoms with Crippen LogP contribution in [0.3, 0.4) is 0 Å². The molecular weight excluding hydrogens is 280 g/mol. The Morgan fingerprint density at radius 3 is 2.55 bits per heavy atom. The zero-order valence-corrected chi connectivity index (χ0v) is 14.0. The van der Waals surface area contributed by atoms with Crippen molar-refractivity contribution in [3.63, 3.8) is 0 Å². The third-order valence-corrected chi connectivity index (χ3v) is 3.90. The van der Waals surface area contributed by atoms with Crippen LogP contribution < -0.4 is 10.6 Å². The summed E-state index contributed by atoms with van der Waals surface area (Å²) in [7, 11) is 1.67. The number of methoxy groups -OCH3 is 1. The lowest BCUT2D eigenvalue weighted by Crippen LogP contribution is -2.37. The van der Waals surface area contributed by atoms with E-state index in [1.165, 1.54) is 4.90 Å². The van der Waals surface area contributed by atoms with Gasteiger partial charge in [0.15, 0.2) is 0 Å². The van der Waals surface area contributed by atoms with Crippen molar-refractivity contribution < 1.29 is 14.6 Å². The first-order chi connectivity index (χ1) is 10.5. The number of aliphatic hydroxyl groups excluding tert-OH is 1. The summed E-state index contributed by atoms with van der Waals surface area (Å²) in [5.74, 6) is 0.511. The highest BCUT2D eigenvalue weighted by Crippen LogP contribution is 2.33. The van der Waals surface area contributed by atoms with Gasteiger partial charge in [0.2, 0.25) is 0 Å². The minimum atomic E-state index is -0.499. The van der Waals surface area contributed by atoms with Crippen molar-refractivity contribution >= 4 is 11.7 Å². The summed E-state index contributed by atoms with van der Waals surface area (Å²) in [5, 5.41) is 9.88. The highest BCUT2D eigenvalue weighted by atomic mass is 16.5. The van der Waals surface area contributed by atoms with E-state index in [2.05, 4.69) is 13.8 Å². The maximum Gasteiger partial charge on any atom is 0.319 e. The van der Waals surface area contributed by atoms with E-state index in [0.29, 0.717) is 24.8 Å². The molecule has 1 unspecified atom stereocenters. The summed E-state index contributed by atoms with van der Waals surface area (Å²) < 4.78 is 5.33. The summed E-state index contributed by atoms with van der Waals surface area (Å²) in [6.07, 6.45) is 0.795. The Bertz CT molecular complexity index is 489. The molecule has 0 aromatic heterocycles. The molecule has 0 saturated heterocycles. The van der Waals surface area contributed by atoms with E-state index in [-0.39, 0.29) is 12.5 Å². The number of carbonyl (C=O) groups excluding carboxylic acids is 1. The molecule has 0 radical (unpaired) electrons. The molecule has 0 aliphatic heterocycles. The van der Waals surface area contributed by atoms with Gasteiger partial charge in [-0.2, -0.15) is 0 Å². The standard InChI is InChI=1S/C17H28N2O3/c1-5-9-19(17(18)21)16-8-6-7-13(14(16)10-20)15(11-22-4)12(2)3/h6-8,12,15,20H,5,9-11H2,1-4H3,(H2,18,21). The van der Waals surface area contributed by atoms with Gasteiger partial charge in [-0.3, -0.25) is 4.90 Å². The van der Waals surface area contributed by atoms with Gasteiger partial charge in [0.1, 0.15) is 0 Å². The minimum absolute atomic E-state index is 0.133. The Hall–Kier alpha value is -1.59. The van der Waals surface area contributed by atoms with Crippen LogP contribution in [-0.2, 0) is 11.3 Å². The van der Waals surface area contributed by atoms with Crippen molar-refractivity contribution in [2.75, 3.05) is 25.2 Å². The topological polar surface area (TPSA) is 75.8 Å². The van der Waals surface area contributed by atoms with Crippen LogP contribution in [0.25, 0.3) is 0 Å². The van der Waals surface area contributed by atoms with Crippen LogP contribution >= 0.6 is 0 Å². The van der Waals surface area contributed by atoms with Gasteiger partial charge in [-0.05, 0) is 24.0 Å². The number of hydrogen-bond acceptors (Lipinski definition) is 3. The van der Waals surface area contributed by atoms with Gasteiger partial charge in [-0.1, -0.05) is 32.9 Å². The van der Waals surface area contributed by atoms with Gasteiger partial charge >= 0.3 is 6.03 Å². The van der Waals surface area contributed by atoms with Crippen molar-refractivity contribution in [1.29, 1.82) is 0 Å². The van der Waals surface area contributed by atoms with Crippen LogP contribution in [0.2, 0.25) is 0 Å². The number of carbonyl (C=O) groups is 1. The van der Waals surface area contributed by atoms with E-state index >= 15 is 0 Å². The molecule has 1 aromatic carbocycles. The van der Waals surface area contributed by atoms with Crippen molar-refractivity contribution in [2.45, 2.75) is 39.7 Å². The lowest BCUT2D eigenvalue weighted by molar-refractivity contribution is 0.161. The first-order valence-electron chi connectivity index (χ1n) is 7.76. The third-order valence-electron chi connectivity index (χ3n) is 3.90. The molecule has 22 heavy (non-hydrogen) atoms. The number of hydrogen-bond donors (Lipinski definition) is 2. The fraction of sp³-hybridized carbons (Fsp3) is 0.588. The van der Waals surface area contributed by atoms with Crippen molar-refractivity contribution in [3.05, 3.63) is 29.3 Å². The summed E-state index contributed by atoms with van der Waals surface area (Å²) >= 11 is 0. The third kappa shape index (κ3) is 4.21. The average Bonchev–Trinajstić information content (AvgIpc) is 2.48. The predicted octanol–water partition coefficient (Wildman–Crippen LogP) is 2.86. The second-order valence-electron chi connectivity index (χ2n) is 5.80. The predicted molar refractivity (Wildman–Crippen MR) is 89.0 cm³/mol. The zero-order chi connectivity index (χ0) is 16.7. The second kappa shape index (κ2) is 8.76. The number of urea groups is 1. The van der Waals surface area contributed by atoms with E-state index < -0.39 is 6.03 Å². The molecule has 1 atom stereocenters. The molecule has 5 heteroatoms. The largest absolute Gasteiger partial charge is 0.392 e. The first kappa shape index (κ1) is 18.5. The van der Waals surface area contributed by atoms with Gasteiger partial charge in [0.05, 0.1) is 18.9 Å². The van der Waals surface area contributed by atoms with E-state index in [9.17, 15) is 9.90 Å². The number of ether oxygens (including phenoxy) is 1. The number of aliphatic hydroxyl groups is 1. The molecule has 0 spiro atoms. The smallest absolute Gasteiger partial charge is 0.319 e. The second-order valence-corrected chi connectivity index (χ2v) is 5.80. The molecule has 2 amide bonds. The lowest BCUT2D eigenvalue weighted by atomic mass is 9.85. The number of primary amides is 1. The Balaban J connectivity index is 3.37. The van der Waals surface area contributed by atoms with E-state index in [1.807, 2.05) is 25.1 Å². The monoisotopic (exact) mass is 308 g/mol. The van der Waals surface area contributed by atoms with Gasteiger partial charge in [-0.15, -0.1) is 0 Å². The molecule has 0 bridgehead atoms. The van der Waals surface area contributed by atoms with Crippen LogP contribution in [0.5, 0.6) is 0 Å². The van der Waals surface area contributed by atoms with Crippen molar-refractivity contribution in [2.24, 2.45) is 11.7 Å². The average molecular weight is 308 g/mol. The molecular formula is C17H28N2O3. The van der Waals surface area contributed by atoms with Gasteiger partial charge in [-0.25, -0.2) is 4.79 Å². The molecule has 0 saturated carbocycles. The summed E-state index contributed by atoms with van der Waals surface area (Å²) in [4.78, 5) is 13.3. The van der Waals surface area contributed by atoms with Crippen LogP contribution in [-0.4, -0.2) is 31.4 Å². The van der Waals surface area contributed by atoms with Gasteiger partial charge in [0, 0.05) is 25.1 Å². The summed E-state index contributed by atoms with van der Waals surface area (Å²) in [5.41, 5.74) is 7.96. The highest BCUT2D eigenvalue weighted by molar-refractivity contribution is 5.91. The number of anilines is 1. The Kier molecular flexibility index (Phi) is 7.35. The summed E-state index contributed by atoms with van der Waals surface area (Å²) in [6.45, 7) is 7.19. The van der Waals surface area contributed by atoms with Crippen LogP contribution in [0.15, 0.2) is 18.2 Å². The Labute approximate surface area is 133 Å². The SMILES string of the molecule is CCCN(C(N)=O)c1cccc(C(COC)C(C)C)c1CO. The number of benzene rings is 1. The maximum atomic E-state index is 11.7. The van der Waals surface area contributed by atoms with Crippen LogP contribution in [0.1, 0.15) is 44.2 Å². The molecule has 1 aromatic rings. The number of rotatable bonds is 8. The van der Waals surface area contributed by atoms with E-state index in [4.69, 9.17) is 10.5 Å². The molecule has 0 fully saturated rings. The number of nitrogens with zero attached hydrogens (tertiary/aromatic N) is 1. The first-order valence-corrected chi connectivity index (χ1v) is 7.76. The fourth-order valence-electron chi connectivity index (χ4n) is 2.76. The molecule has 0 aliphatic carbocycles. The van der Waals surface area contributed by atoms with Crippen molar-refractivity contribution in [1.82, 2.24) is 0 Å². The normalized spacial score (nSPS) is 12.5. The Morgan fingerprint density at radius 1 is 1.41 bits per heavy atom. The minimum Gasteiger partial charge on any atom is -0.392 e.